The summed E-state index contributed by atoms with van der Waals surface area (Å²) in [5, 5.41) is 21.3. The van der Waals surface area contributed by atoms with E-state index in [1.54, 1.807) is 20.8 Å². The lowest BCUT2D eigenvalue weighted by molar-refractivity contribution is -0.129. The van der Waals surface area contributed by atoms with Gasteiger partial charge in [0.1, 0.15) is 23.6 Å². The molecule has 8 heteroatoms. The molecule has 0 aliphatic carbocycles. The Hall–Kier alpha value is -2.64. The van der Waals surface area contributed by atoms with Crippen LogP contribution in [0.1, 0.15) is 63.6 Å². The summed E-state index contributed by atoms with van der Waals surface area (Å²) in [7, 11) is 0. The van der Waals surface area contributed by atoms with E-state index in [1.165, 1.54) is 6.21 Å². The molecule has 2 rings (SSSR count). The smallest absolute Gasteiger partial charge is 0.239 e. The first kappa shape index (κ1) is 26.6. The Morgan fingerprint density at radius 3 is 2.52 bits per heavy atom. The summed E-state index contributed by atoms with van der Waals surface area (Å²) in [6.45, 7) is 8.98. The number of phenolic OH excluding ortho intramolecular Hbond substituents is 2. The zero-order valence-corrected chi connectivity index (χ0v) is 20.6. The van der Waals surface area contributed by atoms with Crippen molar-refractivity contribution in [3.8, 4) is 11.5 Å². The summed E-state index contributed by atoms with van der Waals surface area (Å²) in [5.74, 6) is -0.782. The molecule has 1 aliphatic rings. The topological polar surface area (TPSA) is 122 Å². The Morgan fingerprint density at radius 2 is 1.94 bits per heavy atom. The van der Waals surface area contributed by atoms with Gasteiger partial charge in [-0.25, -0.2) is 0 Å². The normalized spacial score (nSPS) is 19.0. The van der Waals surface area contributed by atoms with Crippen molar-refractivity contribution in [2.45, 2.75) is 72.0 Å². The van der Waals surface area contributed by atoms with Crippen LogP contribution in [0.3, 0.4) is 0 Å². The van der Waals surface area contributed by atoms with Crippen molar-refractivity contribution >= 4 is 29.5 Å². The Morgan fingerprint density at radius 1 is 1.27 bits per heavy atom. The SMILES string of the molecule is C/C(=C\Cc1c(O)c(Cl)c(C)c(/C=N\CC(N)=O)c1O)CC/C=C(\C)[C@@H]1CC(=O)C(C)(C)O1. The van der Waals surface area contributed by atoms with Crippen molar-refractivity contribution in [3.63, 3.8) is 0 Å². The number of carbonyl (C=O) groups is 2. The van der Waals surface area contributed by atoms with Crippen molar-refractivity contribution in [1.29, 1.82) is 0 Å². The number of ether oxygens (including phenoxy) is 1. The van der Waals surface area contributed by atoms with Crippen LogP contribution in [0.15, 0.2) is 28.3 Å². The molecule has 1 atom stereocenters. The fourth-order valence-electron chi connectivity index (χ4n) is 3.63. The number of benzene rings is 1. The number of nitrogens with two attached hydrogens (primary N) is 1. The van der Waals surface area contributed by atoms with Gasteiger partial charge in [-0.2, -0.15) is 0 Å². The van der Waals surface area contributed by atoms with E-state index < -0.39 is 11.5 Å². The lowest BCUT2D eigenvalue weighted by Gasteiger charge is -2.18. The number of primary amides is 1. The van der Waals surface area contributed by atoms with Crippen molar-refractivity contribution < 1.29 is 24.5 Å². The molecule has 7 nitrogen and oxygen atoms in total. The number of Topliss-reactive ketones (excluding diaryl/α,β-unsaturated/α-hetero) is 1. The van der Waals surface area contributed by atoms with Gasteiger partial charge in [0.2, 0.25) is 5.91 Å². The Labute approximate surface area is 200 Å². The van der Waals surface area contributed by atoms with Crippen molar-refractivity contribution in [3.05, 3.63) is 45.0 Å². The number of ketones is 1. The molecule has 33 heavy (non-hydrogen) atoms. The summed E-state index contributed by atoms with van der Waals surface area (Å²) in [5.41, 5.74) is 7.57. The van der Waals surface area contributed by atoms with Crippen LogP contribution in [0.25, 0.3) is 0 Å². The number of amides is 1. The minimum atomic E-state index is -0.724. The first-order valence-corrected chi connectivity index (χ1v) is 11.3. The van der Waals surface area contributed by atoms with Gasteiger partial charge in [-0.15, -0.1) is 0 Å². The highest BCUT2D eigenvalue weighted by molar-refractivity contribution is 6.33. The number of aromatic hydroxyl groups is 2. The number of phenols is 2. The van der Waals surface area contributed by atoms with E-state index in [2.05, 4.69) is 11.1 Å². The van der Waals surface area contributed by atoms with Crippen molar-refractivity contribution in [2.24, 2.45) is 10.7 Å². The van der Waals surface area contributed by atoms with Gasteiger partial charge in [-0.3, -0.25) is 14.6 Å². The number of halogens is 1. The van der Waals surface area contributed by atoms with Crippen LogP contribution in [0.2, 0.25) is 5.02 Å². The molecule has 0 spiro atoms. The van der Waals surface area contributed by atoms with Crippen LogP contribution in [-0.2, 0) is 20.7 Å². The molecule has 1 aromatic rings. The van der Waals surface area contributed by atoms with Gasteiger partial charge in [0.05, 0.1) is 11.1 Å². The second kappa shape index (κ2) is 11.0. The monoisotopic (exact) mass is 476 g/mol. The summed E-state index contributed by atoms with van der Waals surface area (Å²) < 4.78 is 5.85. The molecule has 1 amide bonds. The average Bonchev–Trinajstić information content (AvgIpc) is 3.01. The van der Waals surface area contributed by atoms with Crippen LogP contribution in [0, 0.1) is 6.92 Å². The standard InChI is InChI=1S/C25H33ClN2O5/c1-14(7-6-8-15(2)19-11-20(29)25(4,5)33-19)9-10-17-23(31)18(12-28-13-21(27)30)16(3)22(26)24(17)32/h8-9,12,19,31-32H,6-7,10-11,13H2,1-5H3,(H2,27,30)/b14-9+,15-8+,28-12-/t19-/m0/s1. The minimum absolute atomic E-state index is 0.117. The lowest BCUT2D eigenvalue weighted by Crippen LogP contribution is -2.27. The molecule has 1 aromatic carbocycles. The van der Waals surface area contributed by atoms with Crippen LogP contribution in [-0.4, -0.2) is 46.4 Å². The quantitative estimate of drug-likeness (QED) is 0.362. The largest absolute Gasteiger partial charge is 0.507 e. The molecule has 0 unspecified atom stereocenters. The average molecular weight is 477 g/mol. The highest BCUT2D eigenvalue weighted by atomic mass is 35.5. The van der Waals surface area contributed by atoms with E-state index in [4.69, 9.17) is 22.1 Å². The van der Waals surface area contributed by atoms with Gasteiger partial charge in [-0.05, 0) is 65.0 Å². The summed E-state index contributed by atoms with van der Waals surface area (Å²) >= 11 is 6.25. The summed E-state index contributed by atoms with van der Waals surface area (Å²) in [4.78, 5) is 26.8. The number of hydrogen-bond acceptors (Lipinski definition) is 6. The van der Waals surface area contributed by atoms with Crippen LogP contribution >= 0.6 is 11.6 Å². The number of nitrogens with zero attached hydrogens (tertiary/aromatic N) is 1. The zero-order chi connectivity index (χ0) is 24.9. The number of allylic oxidation sites excluding steroid dienone is 3. The molecule has 1 aliphatic heterocycles. The molecule has 0 saturated carbocycles. The number of aliphatic imine (C=N–C) groups is 1. The summed E-state index contributed by atoms with van der Waals surface area (Å²) in [6, 6.07) is 0. The predicted octanol–water partition coefficient (Wildman–Crippen LogP) is 4.32. The van der Waals surface area contributed by atoms with E-state index in [9.17, 15) is 19.8 Å². The van der Waals surface area contributed by atoms with E-state index in [-0.39, 0.29) is 46.9 Å². The molecular weight excluding hydrogens is 444 g/mol. The highest BCUT2D eigenvalue weighted by Crippen LogP contribution is 2.40. The maximum Gasteiger partial charge on any atom is 0.239 e. The minimum Gasteiger partial charge on any atom is -0.507 e. The van der Waals surface area contributed by atoms with E-state index >= 15 is 0 Å². The molecular formula is C25H33ClN2O5. The first-order chi connectivity index (χ1) is 15.3. The van der Waals surface area contributed by atoms with Gasteiger partial charge < -0.3 is 20.7 Å². The molecule has 4 N–H and O–H groups in total. The third-order valence-corrected chi connectivity index (χ3v) is 6.34. The fraction of sp³-hybridized carbons (Fsp3) is 0.480. The third-order valence-electron chi connectivity index (χ3n) is 5.88. The van der Waals surface area contributed by atoms with Crippen LogP contribution in [0.4, 0.5) is 0 Å². The van der Waals surface area contributed by atoms with Crippen LogP contribution < -0.4 is 5.73 Å². The maximum absolute atomic E-state index is 12.0. The summed E-state index contributed by atoms with van der Waals surface area (Å²) in [6.07, 6.45) is 7.41. The van der Waals surface area contributed by atoms with Gasteiger partial charge >= 0.3 is 0 Å². The molecule has 1 saturated heterocycles. The Balaban J connectivity index is 2.09. The van der Waals surface area contributed by atoms with Gasteiger partial charge in [0.25, 0.3) is 0 Å². The van der Waals surface area contributed by atoms with E-state index in [0.717, 1.165) is 24.0 Å². The van der Waals surface area contributed by atoms with Crippen molar-refractivity contribution in [1.82, 2.24) is 0 Å². The third kappa shape index (κ3) is 6.68. The predicted molar refractivity (Wildman–Crippen MR) is 130 cm³/mol. The molecule has 0 bridgehead atoms. The maximum atomic E-state index is 12.0. The van der Waals surface area contributed by atoms with Gasteiger partial charge in [-0.1, -0.05) is 29.3 Å². The Kier molecular flexibility index (Phi) is 8.86. The zero-order valence-electron chi connectivity index (χ0n) is 19.9. The molecule has 180 valence electrons. The van der Waals surface area contributed by atoms with Crippen molar-refractivity contribution in [2.75, 3.05) is 6.54 Å². The van der Waals surface area contributed by atoms with Crippen LogP contribution in [0.5, 0.6) is 11.5 Å². The number of hydrogen-bond donors (Lipinski definition) is 3. The highest BCUT2D eigenvalue weighted by Gasteiger charge is 2.40. The second-order valence-corrected chi connectivity index (χ2v) is 9.33. The van der Waals surface area contributed by atoms with E-state index in [0.29, 0.717) is 17.5 Å². The second-order valence-electron chi connectivity index (χ2n) is 8.95. The molecule has 1 heterocycles. The van der Waals surface area contributed by atoms with Gasteiger partial charge in [0, 0.05) is 23.8 Å². The number of rotatable bonds is 9. The lowest BCUT2D eigenvalue weighted by atomic mass is 9.98. The Bertz CT molecular complexity index is 1020. The fourth-order valence-corrected chi connectivity index (χ4v) is 3.84. The van der Waals surface area contributed by atoms with E-state index in [1.807, 2.05) is 19.9 Å². The molecule has 1 fully saturated rings. The molecule has 0 radical (unpaired) electrons. The van der Waals surface area contributed by atoms with Gasteiger partial charge in [0.15, 0.2) is 5.78 Å². The number of carbonyl (C=O) groups excluding carboxylic acids is 2. The first-order valence-electron chi connectivity index (χ1n) is 10.9. The molecule has 0 aromatic heterocycles.